The van der Waals surface area contributed by atoms with Crippen molar-refractivity contribution in [3.05, 3.63) is 29.8 Å². The van der Waals surface area contributed by atoms with Gasteiger partial charge in [0.2, 0.25) is 10.0 Å². The van der Waals surface area contributed by atoms with Crippen LogP contribution in [0.25, 0.3) is 0 Å². The summed E-state index contributed by atoms with van der Waals surface area (Å²) >= 11 is 0. The molecule has 1 aromatic carbocycles. The molecule has 3 amide bonds. The predicted molar refractivity (Wildman–Crippen MR) is 99.1 cm³/mol. The fourth-order valence-electron chi connectivity index (χ4n) is 3.52. The van der Waals surface area contributed by atoms with Gasteiger partial charge >= 0.3 is 6.09 Å². The Bertz CT molecular complexity index is 863. The first-order valence-corrected chi connectivity index (χ1v) is 10.6. The van der Waals surface area contributed by atoms with Gasteiger partial charge in [-0.25, -0.2) is 18.1 Å². The highest BCUT2D eigenvalue weighted by atomic mass is 32.2. The molecule has 2 heterocycles. The fraction of sp³-hybridized carbons (Fsp3) is 0.500. The van der Waals surface area contributed by atoms with Crippen molar-refractivity contribution in [3.63, 3.8) is 0 Å². The van der Waals surface area contributed by atoms with Crippen molar-refractivity contribution in [2.24, 2.45) is 0 Å². The van der Waals surface area contributed by atoms with Gasteiger partial charge in [0.15, 0.2) is 6.61 Å². The largest absolute Gasteiger partial charge is 0.439 e. The van der Waals surface area contributed by atoms with Crippen molar-refractivity contribution in [3.8, 4) is 0 Å². The molecule has 1 aromatic rings. The highest BCUT2D eigenvalue weighted by molar-refractivity contribution is 7.89. The number of rotatable bonds is 6. The Kier molecular flexibility index (Phi) is 5.71. The zero-order valence-electron chi connectivity index (χ0n) is 15.8. The molecule has 2 aliphatic rings. The number of cyclic esters (lactones) is 1. The standard InChI is InChI=1S/C18H23N3O6S/c1-3-20(4-2)28(25,26)15-7-5-13(6-8-15)17(23)19-10-9-14(11-19)21-16(22)12-27-18(21)24/h5-8,14H,3-4,9-12H2,1-2H3. The maximum atomic E-state index is 12.7. The molecule has 152 valence electrons. The van der Waals surface area contributed by atoms with Gasteiger partial charge in [-0.2, -0.15) is 4.31 Å². The first-order chi connectivity index (χ1) is 13.3. The second kappa shape index (κ2) is 7.88. The van der Waals surface area contributed by atoms with E-state index in [1.807, 2.05) is 0 Å². The van der Waals surface area contributed by atoms with Gasteiger partial charge in [0.25, 0.3) is 11.8 Å². The van der Waals surface area contributed by atoms with Crippen LogP contribution in [0.4, 0.5) is 4.79 Å². The van der Waals surface area contributed by atoms with Crippen LogP contribution in [-0.2, 0) is 19.6 Å². The number of carbonyl (C=O) groups is 3. The average Bonchev–Trinajstić information content (AvgIpc) is 3.28. The maximum Gasteiger partial charge on any atom is 0.417 e. The summed E-state index contributed by atoms with van der Waals surface area (Å²) in [5, 5.41) is 0. The number of amides is 3. The molecule has 1 atom stereocenters. The molecule has 0 aromatic heterocycles. The van der Waals surface area contributed by atoms with Crippen LogP contribution in [0.15, 0.2) is 29.2 Å². The summed E-state index contributed by atoms with van der Waals surface area (Å²) in [5.74, 6) is -0.662. The van der Waals surface area contributed by atoms with Gasteiger partial charge < -0.3 is 9.64 Å². The molecule has 0 radical (unpaired) electrons. The van der Waals surface area contributed by atoms with Crippen LogP contribution in [0.2, 0.25) is 0 Å². The van der Waals surface area contributed by atoms with E-state index >= 15 is 0 Å². The highest BCUT2D eigenvalue weighted by Crippen LogP contribution is 2.23. The number of sulfonamides is 1. The van der Waals surface area contributed by atoms with Crippen LogP contribution < -0.4 is 0 Å². The van der Waals surface area contributed by atoms with E-state index in [2.05, 4.69) is 0 Å². The fourth-order valence-corrected chi connectivity index (χ4v) is 4.98. The Morgan fingerprint density at radius 1 is 1.18 bits per heavy atom. The summed E-state index contributed by atoms with van der Waals surface area (Å²) in [6, 6.07) is 5.43. The van der Waals surface area contributed by atoms with E-state index in [1.165, 1.54) is 28.6 Å². The van der Waals surface area contributed by atoms with E-state index in [0.29, 0.717) is 31.6 Å². The maximum absolute atomic E-state index is 12.7. The number of ether oxygens (including phenoxy) is 1. The van der Waals surface area contributed by atoms with Crippen molar-refractivity contribution < 1.29 is 27.5 Å². The predicted octanol–water partition coefficient (Wildman–Crippen LogP) is 0.910. The number of likely N-dealkylation sites (tertiary alicyclic amines) is 1. The van der Waals surface area contributed by atoms with Crippen LogP contribution >= 0.6 is 0 Å². The number of carbonyl (C=O) groups excluding carboxylic acids is 3. The number of benzene rings is 1. The molecule has 10 heteroatoms. The number of nitrogens with zero attached hydrogens (tertiary/aromatic N) is 3. The highest BCUT2D eigenvalue weighted by Gasteiger charge is 2.41. The van der Waals surface area contributed by atoms with Gasteiger partial charge in [0.1, 0.15) is 0 Å². The Labute approximate surface area is 163 Å². The molecule has 0 saturated carbocycles. The van der Waals surface area contributed by atoms with Crippen LogP contribution in [-0.4, -0.2) is 79.3 Å². The summed E-state index contributed by atoms with van der Waals surface area (Å²) in [6.45, 7) is 4.65. The third-order valence-corrected chi connectivity index (χ3v) is 7.11. The number of hydrogen-bond donors (Lipinski definition) is 0. The third-order valence-electron chi connectivity index (χ3n) is 5.04. The zero-order valence-corrected chi connectivity index (χ0v) is 16.6. The smallest absolute Gasteiger partial charge is 0.417 e. The second-order valence-corrected chi connectivity index (χ2v) is 8.56. The van der Waals surface area contributed by atoms with Crippen LogP contribution in [0.3, 0.4) is 0 Å². The monoisotopic (exact) mass is 409 g/mol. The molecule has 0 N–H and O–H groups in total. The van der Waals surface area contributed by atoms with Gasteiger partial charge in [-0.3, -0.25) is 9.59 Å². The second-order valence-electron chi connectivity index (χ2n) is 6.63. The van der Waals surface area contributed by atoms with Crippen LogP contribution in [0.5, 0.6) is 0 Å². The molecule has 0 aliphatic carbocycles. The SMILES string of the molecule is CCN(CC)S(=O)(=O)c1ccc(C(=O)N2CCC(N3C(=O)COC3=O)C2)cc1. The normalized spacial score (nSPS) is 20.2. The van der Waals surface area contributed by atoms with Gasteiger partial charge in [-0.1, -0.05) is 13.8 Å². The molecule has 1 unspecified atom stereocenters. The van der Waals surface area contributed by atoms with Crippen molar-refractivity contribution in [1.29, 1.82) is 0 Å². The van der Waals surface area contributed by atoms with Gasteiger partial charge in [0, 0.05) is 31.7 Å². The summed E-state index contributed by atoms with van der Waals surface area (Å²) in [5.41, 5.74) is 0.356. The van der Waals surface area contributed by atoms with E-state index in [9.17, 15) is 22.8 Å². The summed E-state index contributed by atoms with van der Waals surface area (Å²) in [7, 11) is -3.58. The van der Waals surface area contributed by atoms with E-state index in [-0.39, 0.29) is 24.0 Å². The van der Waals surface area contributed by atoms with Gasteiger partial charge in [0.05, 0.1) is 10.9 Å². The molecule has 2 fully saturated rings. The minimum absolute atomic E-state index is 0.137. The molecule has 28 heavy (non-hydrogen) atoms. The topological polar surface area (TPSA) is 104 Å². The quantitative estimate of drug-likeness (QED) is 0.692. The Balaban J connectivity index is 1.70. The Hall–Kier alpha value is -2.46. The van der Waals surface area contributed by atoms with E-state index in [4.69, 9.17) is 4.74 Å². The Morgan fingerprint density at radius 3 is 2.36 bits per heavy atom. The Morgan fingerprint density at radius 2 is 1.82 bits per heavy atom. The first kappa shape index (κ1) is 20.3. The summed E-state index contributed by atoms with van der Waals surface area (Å²) in [6.07, 6.45) is -0.184. The molecular weight excluding hydrogens is 386 g/mol. The molecule has 2 saturated heterocycles. The molecular formula is C18H23N3O6S. The van der Waals surface area contributed by atoms with Crippen molar-refractivity contribution >= 4 is 27.9 Å². The molecule has 2 aliphatic heterocycles. The minimum Gasteiger partial charge on any atom is -0.439 e. The van der Waals surface area contributed by atoms with E-state index in [1.54, 1.807) is 18.7 Å². The number of hydrogen-bond acceptors (Lipinski definition) is 6. The minimum atomic E-state index is -3.58. The van der Waals surface area contributed by atoms with Gasteiger partial charge in [-0.15, -0.1) is 0 Å². The lowest BCUT2D eigenvalue weighted by Crippen LogP contribution is -2.42. The average molecular weight is 409 g/mol. The summed E-state index contributed by atoms with van der Waals surface area (Å²) < 4.78 is 31.1. The van der Waals surface area contributed by atoms with E-state index in [0.717, 1.165) is 4.90 Å². The molecule has 0 spiro atoms. The summed E-state index contributed by atoms with van der Waals surface area (Å²) in [4.78, 5) is 38.9. The van der Waals surface area contributed by atoms with E-state index < -0.39 is 28.1 Å². The third kappa shape index (κ3) is 3.61. The van der Waals surface area contributed by atoms with Crippen molar-refractivity contribution in [2.45, 2.75) is 31.2 Å². The molecule has 3 rings (SSSR count). The van der Waals surface area contributed by atoms with Crippen molar-refractivity contribution in [2.75, 3.05) is 32.8 Å². The zero-order chi connectivity index (χ0) is 20.5. The van der Waals surface area contributed by atoms with Crippen LogP contribution in [0.1, 0.15) is 30.6 Å². The van der Waals surface area contributed by atoms with Crippen molar-refractivity contribution in [1.82, 2.24) is 14.1 Å². The lowest BCUT2D eigenvalue weighted by Gasteiger charge is -2.21. The number of imide groups is 1. The lowest BCUT2D eigenvalue weighted by atomic mass is 10.2. The lowest BCUT2D eigenvalue weighted by molar-refractivity contribution is -0.127. The first-order valence-electron chi connectivity index (χ1n) is 9.17. The van der Waals surface area contributed by atoms with Gasteiger partial charge in [-0.05, 0) is 30.7 Å². The molecule has 9 nitrogen and oxygen atoms in total. The molecule has 0 bridgehead atoms. The van der Waals surface area contributed by atoms with Crippen LogP contribution in [0, 0.1) is 0 Å².